The lowest BCUT2D eigenvalue weighted by molar-refractivity contribution is -0.122. The number of carbonyl (C=O) groups is 1. The Labute approximate surface area is 78.5 Å². The molecule has 0 spiro atoms. The number of Topliss-reactive ketones (excluding diaryl/α,β-unsaturated/α-hetero) is 1. The number of ketones is 1. The molecule has 1 aromatic rings. The van der Waals surface area contributed by atoms with Gasteiger partial charge in [-0.3, -0.25) is 4.79 Å². The topological polar surface area (TPSA) is 26.3 Å². The summed E-state index contributed by atoms with van der Waals surface area (Å²) in [5.41, 5.74) is 1.20. The van der Waals surface area contributed by atoms with Crippen LogP contribution in [0.15, 0.2) is 30.3 Å². The smallest absolute Gasteiger partial charge is 0.158 e. The van der Waals surface area contributed by atoms with Gasteiger partial charge in [0, 0.05) is 13.5 Å². The summed E-state index contributed by atoms with van der Waals surface area (Å²) in [7, 11) is 1.54. The minimum Gasteiger partial charge on any atom is -0.377 e. The summed E-state index contributed by atoms with van der Waals surface area (Å²) in [6.45, 7) is 0.229. The third-order valence-corrected chi connectivity index (χ3v) is 1.84. The first-order valence-electron chi connectivity index (χ1n) is 4.37. The largest absolute Gasteiger partial charge is 0.377 e. The molecule has 0 amide bonds. The van der Waals surface area contributed by atoms with Gasteiger partial charge in [0.25, 0.3) is 0 Å². The third kappa shape index (κ3) is 3.85. The molecular formula is C11H14O2. The molecule has 0 aliphatic carbocycles. The molecule has 1 aromatic carbocycles. The zero-order valence-corrected chi connectivity index (χ0v) is 7.82. The number of ether oxygens (including phenoxy) is 1. The summed E-state index contributed by atoms with van der Waals surface area (Å²) >= 11 is 0. The molecule has 70 valence electrons. The van der Waals surface area contributed by atoms with E-state index < -0.39 is 0 Å². The zero-order valence-electron chi connectivity index (χ0n) is 7.82. The van der Waals surface area contributed by atoms with E-state index in [2.05, 4.69) is 0 Å². The van der Waals surface area contributed by atoms with Gasteiger partial charge in [0.1, 0.15) is 6.61 Å². The Morgan fingerprint density at radius 3 is 2.62 bits per heavy atom. The third-order valence-electron chi connectivity index (χ3n) is 1.84. The summed E-state index contributed by atoms with van der Waals surface area (Å²) < 4.78 is 4.74. The maximum absolute atomic E-state index is 11.1. The average molecular weight is 178 g/mol. The van der Waals surface area contributed by atoms with Gasteiger partial charge in [0.05, 0.1) is 0 Å². The van der Waals surface area contributed by atoms with Crippen molar-refractivity contribution in [1.82, 2.24) is 0 Å². The monoisotopic (exact) mass is 178 g/mol. The predicted molar refractivity (Wildman–Crippen MR) is 51.6 cm³/mol. The van der Waals surface area contributed by atoms with E-state index in [0.717, 1.165) is 6.42 Å². The van der Waals surface area contributed by atoms with Crippen molar-refractivity contribution in [2.75, 3.05) is 13.7 Å². The Hall–Kier alpha value is -1.15. The number of rotatable bonds is 5. The normalized spacial score (nSPS) is 9.92. The molecule has 0 N–H and O–H groups in total. The molecule has 0 saturated heterocycles. The number of benzene rings is 1. The lowest BCUT2D eigenvalue weighted by Gasteiger charge is -1.99. The summed E-state index contributed by atoms with van der Waals surface area (Å²) in [6, 6.07) is 9.99. The average Bonchev–Trinajstić information content (AvgIpc) is 2.17. The molecule has 0 aromatic heterocycles. The van der Waals surface area contributed by atoms with Crippen molar-refractivity contribution in [2.45, 2.75) is 12.8 Å². The molecule has 0 bridgehead atoms. The van der Waals surface area contributed by atoms with Crippen LogP contribution < -0.4 is 0 Å². The maximum atomic E-state index is 11.1. The summed E-state index contributed by atoms with van der Waals surface area (Å²) in [5, 5.41) is 0. The Morgan fingerprint density at radius 1 is 1.31 bits per heavy atom. The standard InChI is InChI=1S/C11H14O2/c1-13-9-11(12)8-7-10-5-3-2-4-6-10/h2-6H,7-9H2,1H3. The minimum atomic E-state index is 0.159. The fraction of sp³-hybridized carbons (Fsp3) is 0.364. The Morgan fingerprint density at radius 2 is 2.00 bits per heavy atom. The molecule has 0 atom stereocenters. The lowest BCUT2D eigenvalue weighted by atomic mass is 10.1. The van der Waals surface area contributed by atoms with Crippen molar-refractivity contribution >= 4 is 5.78 Å². The van der Waals surface area contributed by atoms with Gasteiger partial charge < -0.3 is 4.74 Å². The first-order chi connectivity index (χ1) is 6.33. The van der Waals surface area contributed by atoms with Crippen LogP contribution in [0.1, 0.15) is 12.0 Å². The molecule has 2 nitrogen and oxygen atoms in total. The van der Waals surface area contributed by atoms with Crippen molar-refractivity contribution in [1.29, 1.82) is 0 Å². The van der Waals surface area contributed by atoms with E-state index in [9.17, 15) is 4.79 Å². The number of carbonyl (C=O) groups excluding carboxylic acids is 1. The second kappa shape index (κ2) is 5.49. The summed E-state index contributed by atoms with van der Waals surface area (Å²) in [6.07, 6.45) is 1.38. The number of hydrogen-bond acceptors (Lipinski definition) is 2. The van der Waals surface area contributed by atoms with Gasteiger partial charge in [-0.15, -0.1) is 0 Å². The number of methoxy groups -OCH3 is 1. The Kier molecular flexibility index (Phi) is 4.19. The molecule has 13 heavy (non-hydrogen) atoms. The van der Waals surface area contributed by atoms with E-state index >= 15 is 0 Å². The van der Waals surface area contributed by atoms with Crippen LogP contribution in [0.25, 0.3) is 0 Å². The number of hydrogen-bond donors (Lipinski definition) is 0. The fourth-order valence-electron chi connectivity index (χ4n) is 1.16. The highest BCUT2D eigenvalue weighted by Crippen LogP contribution is 2.02. The molecule has 0 radical (unpaired) electrons. The molecule has 0 unspecified atom stereocenters. The predicted octanol–water partition coefficient (Wildman–Crippen LogP) is 1.83. The zero-order chi connectivity index (χ0) is 9.52. The van der Waals surface area contributed by atoms with Gasteiger partial charge in [-0.2, -0.15) is 0 Å². The highest BCUT2D eigenvalue weighted by molar-refractivity contribution is 5.79. The van der Waals surface area contributed by atoms with Gasteiger partial charge in [0.2, 0.25) is 0 Å². The van der Waals surface area contributed by atoms with Gasteiger partial charge >= 0.3 is 0 Å². The molecular weight excluding hydrogens is 164 g/mol. The highest BCUT2D eigenvalue weighted by Gasteiger charge is 2.00. The molecule has 0 saturated carbocycles. The van der Waals surface area contributed by atoms with Crippen LogP contribution in [0, 0.1) is 0 Å². The van der Waals surface area contributed by atoms with Crippen LogP contribution in [0.3, 0.4) is 0 Å². The summed E-state index contributed by atoms with van der Waals surface area (Å²) in [5.74, 6) is 0.159. The van der Waals surface area contributed by atoms with Crippen LogP contribution in [0.5, 0.6) is 0 Å². The van der Waals surface area contributed by atoms with Crippen LogP contribution in [-0.2, 0) is 16.0 Å². The second-order valence-corrected chi connectivity index (χ2v) is 2.96. The van der Waals surface area contributed by atoms with Crippen LogP contribution >= 0.6 is 0 Å². The van der Waals surface area contributed by atoms with Crippen molar-refractivity contribution in [2.24, 2.45) is 0 Å². The maximum Gasteiger partial charge on any atom is 0.158 e. The molecule has 0 aliphatic heterocycles. The molecule has 0 aliphatic rings. The Balaban J connectivity index is 2.31. The van der Waals surface area contributed by atoms with Crippen LogP contribution in [0.2, 0.25) is 0 Å². The van der Waals surface area contributed by atoms with E-state index in [1.807, 2.05) is 30.3 Å². The highest BCUT2D eigenvalue weighted by atomic mass is 16.5. The van der Waals surface area contributed by atoms with E-state index in [1.54, 1.807) is 7.11 Å². The fourth-order valence-corrected chi connectivity index (χ4v) is 1.16. The van der Waals surface area contributed by atoms with Crippen molar-refractivity contribution in [3.8, 4) is 0 Å². The number of aryl methyl sites for hydroxylation is 1. The van der Waals surface area contributed by atoms with Crippen molar-refractivity contribution < 1.29 is 9.53 Å². The van der Waals surface area contributed by atoms with Crippen LogP contribution in [-0.4, -0.2) is 19.5 Å². The van der Waals surface area contributed by atoms with Crippen molar-refractivity contribution in [3.05, 3.63) is 35.9 Å². The van der Waals surface area contributed by atoms with E-state index in [4.69, 9.17) is 4.74 Å². The van der Waals surface area contributed by atoms with E-state index in [-0.39, 0.29) is 12.4 Å². The van der Waals surface area contributed by atoms with Gasteiger partial charge in [-0.1, -0.05) is 30.3 Å². The van der Waals surface area contributed by atoms with E-state index in [1.165, 1.54) is 5.56 Å². The van der Waals surface area contributed by atoms with Crippen LogP contribution in [0.4, 0.5) is 0 Å². The van der Waals surface area contributed by atoms with E-state index in [0.29, 0.717) is 6.42 Å². The van der Waals surface area contributed by atoms with Gasteiger partial charge in [-0.05, 0) is 12.0 Å². The van der Waals surface area contributed by atoms with Gasteiger partial charge in [0.15, 0.2) is 5.78 Å². The first-order valence-corrected chi connectivity index (χ1v) is 4.37. The molecule has 2 heteroatoms. The lowest BCUT2D eigenvalue weighted by Crippen LogP contribution is -2.07. The first kappa shape index (κ1) is 9.93. The SMILES string of the molecule is COCC(=O)CCc1ccccc1. The van der Waals surface area contributed by atoms with Gasteiger partial charge in [-0.25, -0.2) is 0 Å². The minimum absolute atomic E-state index is 0.159. The molecule has 1 rings (SSSR count). The molecule has 0 fully saturated rings. The molecule has 0 heterocycles. The summed E-state index contributed by atoms with van der Waals surface area (Å²) in [4.78, 5) is 11.1. The second-order valence-electron chi connectivity index (χ2n) is 2.96. The Bertz CT molecular complexity index is 254. The van der Waals surface area contributed by atoms with Crippen molar-refractivity contribution in [3.63, 3.8) is 0 Å². The quantitative estimate of drug-likeness (QED) is 0.687.